The Morgan fingerprint density at radius 3 is 2.55 bits per heavy atom. The predicted octanol–water partition coefficient (Wildman–Crippen LogP) is 2.47. The molecule has 1 aromatic rings. The zero-order valence-corrected chi connectivity index (χ0v) is 13.7. The van der Waals surface area contributed by atoms with Crippen LogP contribution < -0.4 is 10.6 Å². The van der Waals surface area contributed by atoms with Gasteiger partial charge in [-0.1, -0.05) is 34.6 Å². The van der Waals surface area contributed by atoms with Crippen LogP contribution in [0, 0.1) is 5.41 Å². The van der Waals surface area contributed by atoms with Gasteiger partial charge in [-0.05, 0) is 5.41 Å². The van der Waals surface area contributed by atoms with Crippen LogP contribution in [0.25, 0.3) is 0 Å². The summed E-state index contributed by atoms with van der Waals surface area (Å²) >= 11 is 1.61. The number of rotatable bonds is 5. The average molecular weight is 299 g/mol. The molecule has 5 nitrogen and oxygen atoms in total. The number of hydrogen-bond acceptors (Lipinski definition) is 4. The molecular weight excluding hydrogens is 274 g/mol. The van der Waals surface area contributed by atoms with Crippen molar-refractivity contribution in [3.8, 4) is 0 Å². The monoisotopic (exact) mass is 299 g/mol. The van der Waals surface area contributed by atoms with Crippen LogP contribution in [-0.2, 0) is 6.54 Å². The molecule has 0 aliphatic heterocycles. The van der Waals surface area contributed by atoms with E-state index in [0.29, 0.717) is 12.5 Å². The van der Waals surface area contributed by atoms with Gasteiger partial charge in [-0.2, -0.15) is 0 Å². The van der Waals surface area contributed by atoms with Crippen molar-refractivity contribution in [3.63, 3.8) is 0 Å². The van der Waals surface area contributed by atoms with Crippen LogP contribution in [0.15, 0.2) is 5.38 Å². The normalized spacial score (nSPS) is 13.3. The second-order valence-corrected chi connectivity index (χ2v) is 7.17. The number of urea groups is 1. The number of aromatic nitrogens is 1. The molecule has 0 radical (unpaired) electrons. The van der Waals surface area contributed by atoms with Crippen LogP contribution in [-0.4, -0.2) is 28.8 Å². The van der Waals surface area contributed by atoms with Gasteiger partial charge >= 0.3 is 6.03 Å². The maximum Gasteiger partial charge on any atom is 0.315 e. The summed E-state index contributed by atoms with van der Waals surface area (Å²) in [5.41, 5.74) is 0.624. The summed E-state index contributed by atoms with van der Waals surface area (Å²) in [6, 6.07) is -0.285. The second-order valence-electron chi connectivity index (χ2n) is 6.28. The Kier molecular flexibility index (Phi) is 5.95. The van der Waals surface area contributed by atoms with Crippen LogP contribution in [0.4, 0.5) is 4.79 Å². The number of carbonyl (C=O) groups is 1. The molecule has 114 valence electrons. The van der Waals surface area contributed by atoms with E-state index in [-0.39, 0.29) is 18.0 Å². The highest BCUT2D eigenvalue weighted by Gasteiger charge is 2.22. The molecule has 0 aromatic carbocycles. The van der Waals surface area contributed by atoms with Gasteiger partial charge in [0.15, 0.2) is 0 Å². The highest BCUT2D eigenvalue weighted by atomic mass is 32.1. The predicted molar refractivity (Wildman–Crippen MR) is 81.9 cm³/mol. The van der Waals surface area contributed by atoms with Gasteiger partial charge in [0.25, 0.3) is 0 Å². The topological polar surface area (TPSA) is 74.2 Å². The summed E-state index contributed by atoms with van der Waals surface area (Å²) in [5, 5.41) is 18.3. The number of aliphatic hydroxyl groups is 1. The number of carbonyl (C=O) groups excluding carboxylic acids is 1. The van der Waals surface area contributed by atoms with Crippen LogP contribution in [0.3, 0.4) is 0 Å². The van der Waals surface area contributed by atoms with E-state index < -0.39 is 6.10 Å². The summed E-state index contributed by atoms with van der Waals surface area (Å²) < 4.78 is 0. The van der Waals surface area contributed by atoms with Crippen LogP contribution >= 0.6 is 11.3 Å². The van der Waals surface area contributed by atoms with Gasteiger partial charge in [-0.25, -0.2) is 9.78 Å². The summed E-state index contributed by atoms with van der Waals surface area (Å²) in [7, 11) is 0. The fourth-order valence-corrected chi connectivity index (χ4v) is 2.23. The largest absolute Gasteiger partial charge is 0.391 e. The first-order valence-electron chi connectivity index (χ1n) is 6.84. The minimum atomic E-state index is -0.569. The Hall–Kier alpha value is -1.14. The fourth-order valence-electron chi connectivity index (χ4n) is 1.40. The van der Waals surface area contributed by atoms with Crippen LogP contribution in [0.1, 0.15) is 51.2 Å². The van der Waals surface area contributed by atoms with E-state index in [2.05, 4.69) is 29.5 Å². The van der Waals surface area contributed by atoms with E-state index in [0.717, 1.165) is 10.7 Å². The quantitative estimate of drug-likeness (QED) is 0.782. The number of nitrogens with zero attached hydrogens (tertiary/aromatic N) is 1. The van der Waals surface area contributed by atoms with Gasteiger partial charge in [-0.15, -0.1) is 11.3 Å². The van der Waals surface area contributed by atoms with Crippen molar-refractivity contribution in [3.05, 3.63) is 16.1 Å². The van der Waals surface area contributed by atoms with Crippen molar-refractivity contribution in [2.45, 2.75) is 53.2 Å². The average Bonchev–Trinajstić information content (AvgIpc) is 2.81. The SMILES string of the molecule is CC(C)c1nc(CNC(=O)NCC(O)C(C)(C)C)cs1. The second kappa shape index (κ2) is 7.04. The highest BCUT2D eigenvalue weighted by Crippen LogP contribution is 2.19. The molecule has 1 aromatic heterocycles. The first-order chi connectivity index (χ1) is 9.20. The van der Waals surface area contributed by atoms with Gasteiger partial charge < -0.3 is 15.7 Å². The first-order valence-corrected chi connectivity index (χ1v) is 7.72. The minimum Gasteiger partial charge on any atom is -0.391 e. The Balaban J connectivity index is 2.32. The number of thiazole rings is 1. The third kappa shape index (κ3) is 5.46. The lowest BCUT2D eigenvalue weighted by atomic mass is 9.89. The third-order valence-electron chi connectivity index (χ3n) is 2.95. The zero-order valence-electron chi connectivity index (χ0n) is 12.9. The van der Waals surface area contributed by atoms with E-state index in [1.165, 1.54) is 0 Å². The van der Waals surface area contributed by atoms with Crippen molar-refractivity contribution in [1.82, 2.24) is 15.6 Å². The van der Waals surface area contributed by atoms with Gasteiger partial charge in [0.1, 0.15) is 0 Å². The van der Waals surface area contributed by atoms with Crippen LogP contribution in [0.2, 0.25) is 0 Å². The molecule has 1 unspecified atom stereocenters. The van der Waals surface area contributed by atoms with Gasteiger partial charge in [-0.3, -0.25) is 0 Å². The number of hydrogen-bond donors (Lipinski definition) is 3. The Labute approximate surface area is 124 Å². The molecule has 0 spiro atoms. The molecule has 0 bridgehead atoms. The van der Waals surface area contributed by atoms with E-state index in [1.807, 2.05) is 26.2 Å². The molecule has 1 atom stereocenters. The molecule has 1 rings (SSSR count). The molecule has 0 fully saturated rings. The molecule has 0 saturated heterocycles. The van der Waals surface area contributed by atoms with Crippen molar-refractivity contribution in [1.29, 1.82) is 0 Å². The summed E-state index contributed by atoms with van der Waals surface area (Å²) in [6.45, 7) is 10.6. The third-order valence-corrected chi connectivity index (χ3v) is 4.14. The summed E-state index contributed by atoms with van der Waals surface area (Å²) in [4.78, 5) is 16.1. The maximum atomic E-state index is 11.6. The Morgan fingerprint density at radius 1 is 1.40 bits per heavy atom. The molecule has 0 aliphatic carbocycles. The van der Waals surface area contributed by atoms with E-state index >= 15 is 0 Å². The van der Waals surface area contributed by atoms with Crippen molar-refractivity contribution in [2.24, 2.45) is 5.41 Å². The molecular formula is C14H25N3O2S. The number of amides is 2. The van der Waals surface area contributed by atoms with Gasteiger partial charge in [0, 0.05) is 17.8 Å². The molecule has 0 aliphatic rings. The molecule has 3 N–H and O–H groups in total. The van der Waals surface area contributed by atoms with Crippen molar-refractivity contribution < 1.29 is 9.90 Å². The smallest absolute Gasteiger partial charge is 0.315 e. The van der Waals surface area contributed by atoms with Gasteiger partial charge in [0.05, 0.1) is 23.4 Å². The lowest BCUT2D eigenvalue weighted by Gasteiger charge is -2.25. The van der Waals surface area contributed by atoms with Crippen molar-refractivity contribution in [2.75, 3.05) is 6.54 Å². The Morgan fingerprint density at radius 2 is 2.05 bits per heavy atom. The lowest BCUT2D eigenvalue weighted by Crippen LogP contribution is -2.43. The standard InChI is InChI=1S/C14H25N3O2S/c1-9(2)12-17-10(8-20-12)6-15-13(19)16-7-11(18)14(3,4)5/h8-9,11,18H,6-7H2,1-5H3,(H2,15,16,19). The molecule has 20 heavy (non-hydrogen) atoms. The van der Waals surface area contributed by atoms with Crippen molar-refractivity contribution >= 4 is 17.4 Å². The van der Waals surface area contributed by atoms with E-state index in [4.69, 9.17) is 0 Å². The van der Waals surface area contributed by atoms with Crippen LogP contribution in [0.5, 0.6) is 0 Å². The molecule has 1 heterocycles. The van der Waals surface area contributed by atoms with Gasteiger partial charge in [0.2, 0.25) is 0 Å². The zero-order chi connectivity index (χ0) is 15.3. The lowest BCUT2D eigenvalue weighted by molar-refractivity contribution is 0.0650. The molecule has 6 heteroatoms. The van der Waals surface area contributed by atoms with E-state index in [1.54, 1.807) is 11.3 Å². The summed E-state index contributed by atoms with van der Waals surface area (Å²) in [6.07, 6.45) is -0.569. The number of nitrogens with one attached hydrogen (secondary N) is 2. The van der Waals surface area contributed by atoms with E-state index in [9.17, 15) is 9.90 Å². The fraction of sp³-hybridized carbons (Fsp3) is 0.714. The maximum absolute atomic E-state index is 11.6. The number of aliphatic hydroxyl groups excluding tert-OH is 1. The summed E-state index contributed by atoms with van der Waals surface area (Å²) in [5.74, 6) is 0.407. The Bertz CT molecular complexity index is 438. The molecule has 2 amide bonds. The first kappa shape index (κ1) is 16.9. The highest BCUT2D eigenvalue weighted by molar-refractivity contribution is 7.09. The minimum absolute atomic E-state index is 0.240. The molecule has 0 saturated carbocycles.